The largest absolute Gasteiger partial charge is 0.302 e. The molecule has 0 atom stereocenters. The van der Waals surface area contributed by atoms with Crippen molar-refractivity contribution >= 4 is 0 Å². The van der Waals surface area contributed by atoms with E-state index in [0.717, 1.165) is 12.1 Å². The van der Waals surface area contributed by atoms with Gasteiger partial charge in [-0.3, -0.25) is 4.98 Å². The predicted octanol–water partition coefficient (Wildman–Crippen LogP) is 2.22. The van der Waals surface area contributed by atoms with Crippen LogP contribution in [-0.2, 0) is 6.54 Å². The van der Waals surface area contributed by atoms with Crippen LogP contribution in [0.4, 0.5) is 0 Å². The summed E-state index contributed by atoms with van der Waals surface area (Å²) in [6, 6.07) is 14.0. The number of nitrogens with zero attached hydrogens (tertiary/aromatic N) is 1. The van der Waals surface area contributed by atoms with Crippen LogP contribution in [-0.4, -0.2) is 11.5 Å². The second-order valence-corrected chi connectivity index (χ2v) is 3.63. The number of rotatable bonds is 3. The fraction of sp³-hybridized carbons (Fsp3) is 0.133. The molecule has 0 spiro atoms. The minimum absolute atomic E-state index is 0.692. The number of aromatic nitrogens is 1. The van der Waals surface area contributed by atoms with E-state index in [2.05, 4.69) is 22.1 Å². The van der Waals surface area contributed by atoms with Crippen molar-refractivity contribution < 1.29 is 0 Å². The molecule has 0 aliphatic heterocycles. The van der Waals surface area contributed by atoms with Crippen LogP contribution in [0.1, 0.15) is 11.1 Å². The monoisotopic (exact) mass is 222 g/mol. The lowest BCUT2D eigenvalue weighted by Gasteiger charge is -1.99. The molecule has 1 aromatic carbocycles. The lowest BCUT2D eigenvalue weighted by atomic mass is 10.2. The van der Waals surface area contributed by atoms with E-state index in [1.165, 1.54) is 5.56 Å². The number of pyridine rings is 1. The van der Waals surface area contributed by atoms with E-state index in [0.29, 0.717) is 6.54 Å². The topological polar surface area (TPSA) is 24.9 Å². The van der Waals surface area contributed by atoms with E-state index < -0.39 is 0 Å². The van der Waals surface area contributed by atoms with Crippen molar-refractivity contribution in [3.8, 4) is 11.8 Å². The van der Waals surface area contributed by atoms with Gasteiger partial charge in [-0.1, -0.05) is 30.0 Å². The van der Waals surface area contributed by atoms with E-state index in [4.69, 9.17) is 0 Å². The minimum atomic E-state index is 0.692. The summed E-state index contributed by atoms with van der Waals surface area (Å²) in [5.74, 6) is 6.20. The smallest absolute Gasteiger partial charge is 0.0582 e. The van der Waals surface area contributed by atoms with Crippen molar-refractivity contribution in [3.05, 3.63) is 66.0 Å². The Bertz CT molecular complexity index is 495. The second-order valence-electron chi connectivity index (χ2n) is 3.63. The van der Waals surface area contributed by atoms with E-state index in [1.54, 1.807) is 12.4 Å². The Hall–Kier alpha value is -2.11. The molecule has 0 radical (unpaired) electrons. The maximum atomic E-state index is 3.97. The highest BCUT2D eigenvalue weighted by Crippen LogP contribution is 1.95. The first kappa shape index (κ1) is 11.4. The van der Waals surface area contributed by atoms with Gasteiger partial charge >= 0.3 is 0 Å². The summed E-state index contributed by atoms with van der Waals surface area (Å²) in [7, 11) is 0. The van der Waals surface area contributed by atoms with Gasteiger partial charge in [-0.05, 0) is 29.8 Å². The number of hydrogen-bond donors (Lipinski definition) is 1. The van der Waals surface area contributed by atoms with Gasteiger partial charge in [-0.25, -0.2) is 0 Å². The van der Waals surface area contributed by atoms with Gasteiger partial charge in [0.1, 0.15) is 0 Å². The number of benzene rings is 1. The highest BCUT2D eigenvalue weighted by molar-refractivity contribution is 5.33. The molecule has 1 N–H and O–H groups in total. The van der Waals surface area contributed by atoms with Crippen LogP contribution in [0, 0.1) is 11.8 Å². The third-order valence-electron chi connectivity index (χ3n) is 2.30. The van der Waals surface area contributed by atoms with Crippen molar-refractivity contribution in [2.45, 2.75) is 6.54 Å². The van der Waals surface area contributed by atoms with Crippen molar-refractivity contribution in [2.75, 3.05) is 6.54 Å². The molecule has 0 bridgehead atoms. The second kappa shape index (κ2) is 6.47. The zero-order chi connectivity index (χ0) is 11.8. The SMILES string of the molecule is C(#Cc1ccccc1)CNCc1ccncc1. The Morgan fingerprint density at radius 1 is 1.00 bits per heavy atom. The average Bonchev–Trinajstić information content (AvgIpc) is 2.41. The molecule has 2 heteroatoms. The third-order valence-corrected chi connectivity index (χ3v) is 2.30. The van der Waals surface area contributed by atoms with Crippen LogP contribution < -0.4 is 5.32 Å². The summed E-state index contributed by atoms with van der Waals surface area (Å²) in [6.45, 7) is 1.52. The Morgan fingerprint density at radius 3 is 2.53 bits per heavy atom. The standard InChI is InChI=1S/C15H14N2/c1-2-5-14(6-3-1)7-4-10-17-13-15-8-11-16-12-9-15/h1-3,5-6,8-9,11-12,17H,10,13H2. The van der Waals surface area contributed by atoms with E-state index in [1.807, 2.05) is 42.5 Å². The first-order valence-electron chi connectivity index (χ1n) is 5.59. The molecule has 84 valence electrons. The molecule has 1 heterocycles. The molecule has 0 fully saturated rings. The summed E-state index contributed by atoms with van der Waals surface area (Å²) < 4.78 is 0. The molecule has 17 heavy (non-hydrogen) atoms. The van der Waals surface area contributed by atoms with Crippen LogP contribution in [0.3, 0.4) is 0 Å². The first-order valence-corrected chi connectivity index (χ1v) is 5.59. The molecule has 2 rings (SSSR count). The molecular weight excluding hydrogens is 208 g/mol. The molecular formula is C15H14N2. The fourth-order valence-corrected chi connectivity index (χ4v) is 1.44. The van der Waals surface area contributed by atoms with Crippen molar-refractivity contribution in [3.63, 3.8) is 0 Å². The minimum Gasteiger partial charge on any atom is -0.302 e. The van der Waals surface area contributed by atoms with Crippen LogP contribution in [0.2, 0.25) is 0 Å². The van der Waals surface area contributed by atoms with E-state index in [-0.39, 0.29) is 0 Å². The highest BCUT2D eigenvalue weighted by Gasteiger charge is 1.88. The van der Waals surface area contributed by atoms with Gasteiger partial charge in [0, 0.05) is 24.5 Å². The maximum Gasteiger partial charge on any atom is 0.0582 e. The Kier molecular flexibility index (Phi) is 4.33. The Balaban J connectivity index is 1.76. The van der Waals surface area contributed by atoms with E-state index >= 15 is 0 Å². The predicted molar refractivity (Wildman–Crippen MR) is 69.3 cm³/mol. The quantitative estimate of drug-likeness (QED) is 0.636. The van der Waals surface area contributed by atoms with Crippen molar-refractivity contribution in [2.24, 2.45) is 0 Å². The van der Waals surface area contributed by atoms with Crippen LogP contribution in [0.5, 0.6) is 0 Å². The van der Waals surface area contributed by atoms with Crippen molar-refractivity contribution in [1.29, 1.82) is 0 Å². The zero-order valence-electron chi connectivity index (χ0n) is 9.56. The van der Waals surface area contributed by atoms with Crippen LogP contribution >= 0.6 is 0 Å². The Morgan fingerprint density at radius 2 is 1.76 bits per heavy atom. The van der Waals surface area contributed by atoms with Gasteiger partial charge in [0.25, 0.3) is 0 Å². The third kappa shape index (κ3) is 4.10. The normalized spacial score (nSPS) is 9.41. The molecule has 0 unspecified atom stereocenters. The summed E-state index contributed by atoms with van der Waals surface area (Å²) >= 11 is 0. The molecule has 2 aromatic rings. The van der Waals surface area contributed by atoms with Crippen LogP contribution in [0.15, 0.2) is 54.9 Å². The molecule has 0 aliphatic rings. The van der Waals surface area contributed by atoms with Crippen molar-refractivity contribution in [1.82, 2.24) is 10.3 Å². The fourth-order valence-electron chi connectivity index (χ4n) is 1.44. The maximum absolute atomic E-state index is 3.97. The number of nitrogens with one attached hydrogen (secondary N) is 1. The number of hydrogen-bond acceptors (Lipinski definition) is 2. The van der Waals surface area contributed by atoms with E-state index in [9.17, 15) is 0 Å². The summed E-state index contributed by atoms with van der Waals surface area (Å²) in [6.07, 6.45) is 3.60. The molecule has 0 saturated carbocycles. The summed E-state index contributed by atoms with van der Waals surface area (Å²) in [5.41, 5.74) is 2.28. The van der Waals surface area contributed by atoms with Gasteiger partial charge in [-0.15, -0.1) is 0 Å². The first-order chi connectivity index (χ1) is 8.45. The summed E-state index contributed by atoms with van der Waals surface area (Å²) in [4.78, 5) is 3.97. The van der Waals surface area contributed by atoms with Gasteiger partial charge in [0.15, 0.2) is 0 Å². The molecule has 0 aliphatic carbocycles. The van der Waals surface area contributed by atoms with Gasteiger partial charge in [0.2, 0.25) is 0 Å². The Labute approximate surface area is 102 Å². The van der Waals surface area contributed by atoms with Gasteiger partial charge in [-0.2, -0.15) is 0 Å². The highest BCUT2D eigenvalue weighted by atomic mass is 14.8. The van der Waals surface area contributed by atoms with Crippen LogP contribution in [0.25, 0.3) is 0 Å². The molecule has 2 nitrogen and oxygen atoms in total. The lowest BCUT2D eigenvalue weighted by molar-refractivity contribution is 0.769. The molecule has 0 amide bonds. The average molecular weight is 222 g/mol. The molecule has 1 aromatic heterocycles. The summed E-state index contributed by atoms with van der Waals surface area (Å²) in [5, 5.41) is 3.27. The van der Waals surface area contributed by atoms with Gasteiger partial charge in [0.05, 0.1) is 6.54 Å². The zero-order valence-corrected chi connectivity index (χ0v) is 9.56. The van der Waals surface area contributed by atoms with Gasteiger partial charge < -0.3 is 5.32 Å². The lowest BCUT2D eigenvalue weighted by Crippen LogP contribution is -2.13. The molecule has 0 saturated heterocycles.